The van der Waals surface area contributed by atoms with Gasteiger partial charge in [-0.3, -0.25) is 13.9 Å². The van der Waals surface area contributed by atoms with Gasteiger partial charge in [0.15, 0.2) is 0 Å². The maximum Gasteiger partial charge on any atom is 0.264 e. The second-order valence-corrected chi connectivity index (χ2v) is 10.2. The number of hydrogen-bond donors (Lipinski definition) is 1. The van der Waals surface area contributed by atoms with Crippen LogP contribution in [0.1, 0.15) is 30.1 Å². The van der Waals surface area contributed by atoms with E-state index in [-0.39, 0.29) is 16.5 Å². The highest BCUT2D eigenvalue weighted by Crippen LogP contribution is 2.32. The molecule has 188 valence electrons. The Bertz CT molecular complexity index is 1320. The van der Waals surface area contributed by atoms with Gasteiger partial charge in [0.05, 0.1) is 28.4 Å². The molecule has 1 aliphatic rings. The van der Waals surface area contributed by atoms with E-state index in [4.69, 9.17) is 4.74 Å². The van der Waals surface area contributed by atoms with Crippen LogP contribution in [0.25, 0.3) is 0 Å². The summed E-state index contributed by atoms with van der Waals surface area (Å²) < 4.78 is 34.0. The second kappa shape index (κ2) is 11.3. The van der Waals surface area contributed by atoms with E-state index in [1.165, 1.54) is 12.1 Å². The molecule has 1 saturated heterocycles. The van der Waals surface area contributed by atoms with Gasteiger partial charge < -0.3 is 15.0 Å². The van der Waals surface area contributed by atoms with E-state index in [9.17, 15) is 18.0 Å². The number of carbonyl (C=O) groups excluding carboxylic acids is 2. The van der Waals surface area contributed by atoms with Crippen molar-refractivity contribution in [2.24, 2.45) is 0 Å². The third-order valence-corrected chi connectivity index (χ3v) is 7.65. The van der Waals surface area contributed by atoms with Crippen molar-refractivity contribution in [2.75, 3.05) is 35.9 Å². The van der Waals surface area contributed by atoms with E-state index >= 15 is 0 Å². The molecule has 1 fully saturated rings. The Morgan fingerprint density at radius 2 is 1.56 bits per heavy atom. The molecule has 3 aromatic carbocycles. The number of carbonyl (C=O) groups is 2. The summed E-state index contributed by atoms with van der Waals surface area (Å²) in [5.41, 5.74) is 0.967. The summed E-state index contributed by atoms with van der Waals surface area (Å²) in [6.45, 7) is 2.98. The number of anilines is 2. The molecular formula is C27H29N3O5S. The number of likely N-dealkylation sites (tertiary alicyclic amines) is 1. The average molecular weight is 508 g/mol. The Morgan fingerprint density at radius 1 is 0.917 bits per heavy atom. The van der Waals surface area contributed by atoms with Crippen molar-refractivity contribution in [3.63, 3.8) is 0 Å². The summed E-state index contributed by atoms with van der Waals surface area (Å²) in [6.07, 6.45) is 1.90. The first-order valence-corrected chi connectivity index (χ1v) is 13.3. The number of para-hydroxylation sites is 3. The molecule has 36 heavy (non-hydrogen) atoms. The number of ether oxygens (including phenoxy) is 1. The molecule has 9 heteroatoms. The van der Waals surface area contributed by atoms with Crippen LogP contribution in [0.5, 0.6) is 5.75 Å². The standard InChI is InChI=1S/C27H29N3O5S/c1-2-35-25-17-9-8-16-24(25)30(36(33,34)21-12-4-3-5-13-21)20-26(31)28-23-15-7-6-14-22(23)27(32)29-18-10-11-19-29/h3-9,12-17H,2,10-11,18-20H2,1H3,(H,28,31). The molecule has 2 amide bonds. The molecule has 1 N–H and O–H groups in total. The molecule has 0 atom stereocenters. The smallest absolute Gasteiger partial charge is 0.264 e. The van der Waals surface area contributed by atoms with Crippen molar-refractivity contribution in [2.45, 2.75) is 24.7 Å². The molecule has 3 aromatic rings. The predicted molar refractivity (Wildman–Crippen MR) is 139 cm³/mol. The van der Waals surface area contributed by atoms with Crippen LogP contribution in [0.15, 0.2) is 83.8 Å². The highest BCUT2D eigenvalue weighted by Gasteiger charge is 2.30. The van der Waals surface area contributed by atoms with E-state index in [0.717, 1.165) is 17.1 Å². The first-order valence-electron chi connectivity index (χ1n) is 11.9. The minimum atomic E-state index is -4.10. The van der Waals surface area contributed by atoms with Crippen LogP contribution < -0.4 is 14.4 Å². The average Bonchev–Trinajstić information content (AvgIpc) is 3.44. The molecule has 0 aromatic heterocycles. The second-order valence-electron chi connectivity index (χ2n) is 8.32. The summed E-state index contributed by atoms with van der Waals surface area (Å²) in [4.78, 5) is 28.1. The topological polar surface area (TPSA) is 96.0 Å². The molecule has 0 saturated carbocycles. The number of rotatable bonds is 9. The molecule has 0 spiro atoms. The monoisotopic (exact) mass is 507 g/mol. The van der Waals surface area contributed by atoms with Gasteiger partial charge in [-0.2, -0.15) is 0 Å². The van der Waals surface area contributed by atoms with Gasteiger partial charge in [0, 0.05) is 13.1 Å². The van der Waals surface area contributed by atoms with E-state index in [1.54, 1.807) is 78.6 Å². The molecule has 1 aliphatic heterocycles. The Balaban J connectivity index is 1.66. The molecule has 0 radical (unpaired) electrons. The van der Waals surface area contributed by atoms with Gasteiger partial charge in [-0.15, -0.1) is 0 Å². The van der Waals surface area contributed by atoms with E-state index in [2.05, 4.69) is 5.32 Å². The molecule has 1 heterocycles. The fraction of sp³-hybridized carbons (Fsp3) is 0.259. The Labute approximate surface area is 211 Å². The van der Waals surface area contributed by atoms with Crippen LogP contribution in [0, 0.1) is 0 Å². The van der Waals surface area contributed by atoms with Crippen molar-refractivity contribution in [1.29, 1.82) is 0 Å². The zero-order valence-corrected chi connectivity index (χ0v) is 20.9. The van der Waals surface area contributed by atoms with Gasteiger partial charge in [0.2, 0.25) is 5.91 Å². The van der Waals surface area contributed by atoms with E-state index in [0.29, 0.717) is 36.7 Å². The summed E-state index contributed by atoms with van der Waals surface area (Å²) in [5.74, 6) is -0.391. The Kier molecular flexibility index (Phi) is 7.90. The number of sulfonamides is 1. The first kappa shape index (κ1) is 25.2. The minimum absolute atomic E-state index is 0.0497. The normalized spacial score (nSPS) is 13.3. The van der Waals surface area contributed by atoms with Crippen LogP contribution in [-0.2, 0) is 14.8 Å². The number of nitrogens with zero attached hydrogens (tertiary/aromatic N) is 2. The molecule has 0 unspecified atom stereocenters. The largest absolute Gasteiger partial charge is 0.492 e. The number of benzene rings is 3. The molecular weight excluding hydrogens is 478 g/mol. The van der Waals surface area contributed by atoms with Gasteiger partial charge in [0.25, 0.3) is 15.9 Å². The Hall–Kier alpha value is -3.85. The molecule has 0 aliphatic carbocycles. The fourth-order valence-electron chi connectivity index (χ4n) is 4.15. The van der Waals surface area contributed by atoms with Gasteiger partial charge in [0.1, 0.15) is 12.3 Å². The molecule has 4 rings (SSSR count). The summed E-state index contributed by atoms with van der Waals surface area (Å²) >= 11 is 0. The van der Waals surface area contributed by atoms with E-state index in [1.807, 2.05) is 0 Å². The fourth-order valence-corrected chi connectivity index (χ4v) is 5.60. The third-order valence-electron chi connectivity index (χ3n) is 5.88. The van der Waals surface area contributed by atoms with Gasteiger partial charge in [-0.05, 0) is 56.2 Å². The van der Waals surface area contributed by atoms with Crippen LogP contribution in [0.3, 0.4) is 0 Å². The van der Waals surface area contributed by atoms with E-state index < -0.39 is 22.5 Å². The Morgan fingerprint density at radius 3 is 2.28 bits per heavy atom. The zero-order valence-electron chi connectivity index (χ0n) is 20.1. The predicted octanol–water partition coefficient (Wildman–Crippen LogP) is 4.16. The lowest BCUT2D eigenvalue weighted by atomic mass is 10.1. The minimum Gasteiger partial charge on any atom is -0.492 e. The highest BCUT2D eigenvalue weighted by molar-refractivity contribution is 7.92. The molecule has 8 nitrogen and oxygen atoms in total. The number of amides is 2. The number of hydrogen-bond acceptors (Lipinski definition) is 5. The van der Waals surface area contributed by atoms with Crippen LogP contribution in [0.2, 0.25) is 0 Å². The summed E-state index contributed by atoms with van der Waals surface area (Å²) in [7, 11) is -4.10. The first-order chi connectivity index (χ1) is 17.4. The van der Waals surface area contributed by atoms with Crippen LogP contribution >= 0.6 is 0 Å². The quantitative estimate of drug-likeness (QED) is 0.469. The number of nitrogens with one attached hydrogen (secondary N) is 1. The lowest BCUT2D eigenvalue weighted by molar-refractivity contribution is -0.114. The van der Waals surface area contributed by atoms with Gasteiger partial charge >= 0.3 is 0 Å². The van der Waals surface area contributed by atoms with Crippen LogP contribution in [0.4, 0.5) is 11.4 Å². The maximum atomic E-state index is 13.7. The van der Waals surface area contributed by atoms with Crippen molar-refractivity contribution >= 4 is 33.2 Å². The van der Waals surface area contributed by atoms with Crippen LogP contribution in [-0.4, -0.2) is 51.4 Å². The zero-order chi connectivity index (χ0) is 25.5. The molecule has 0 bridgehead atoms. The van der Waals surface area contributed by atoms with Crippen molar-refractivity contribution in [1.82, 2.24) is 4.90 Å². The third kappa shape index (κ3) is 5.52. The highest BCUT2D eigenvalue weighted by atomic mass is 32.2. The van der Waals surface area contributed by atoms with Gasteiger partial charge in [-0.25, -0.2) is 8.42 Å². The summed E-state index contributed by atoms with van der Waals surface area (Å²) in [6, 6.07) is 21.4. The van der Waals surface area contributed by atoms with Crippen molar-refractivity contribution < 1.29 is 22.7 Å². The SMILES string of the molecule is CCOc1ccccc1N(CC(=O)Nc1ccccc1C(=O)N1CCCC1)S(=O)(=O)c1ccccc1. The summed E-state index contributed by atoms with van der Waals surface area (Å²) in [5, 5.41) is 2.76. The van der Waals surface area contributed by atoms with Crippen molar-refractivity contribution in [3.05, 3.63) is 84.4 Å². The van der Waals surface area contributed by atoms with Crippen molar-refractivity contribution in [3.8, 4) is 5.75 Å². The maximum absolute atomic E-state index is 13.7. The lowest BCUT2D eigenvalue weighted by Crippen LogP contribution is -2.38. The lowest BCUT2D eigenvalue weighted by Gasteiger charge is -2.26. The van der Waals surface area contributed by atoms with Gasteiger partial charge in [-0.1, -0.05) is 42.5 Å².